The van der Waals surface area contributed by atoms with Crippen LogP contribution in [0.15, 0.2) is 58.2 Å². The fourth-order valence-corrected chi connectivity index (χ4v) is 5.83. The number of piperidine rings is 1. The zero-order valence-electron chi connectivity index (χ0n) is 20.3. The van der Waals surface area contributed by atoms with Gasteiger partial charge in [-0.25, -0.2) is 13.4 Å². The van der Waals surface area contributed by atoms with E-state index in [0.29, 0.717) is 41.4 Å². The molecular formula is C25H28N4O6S. The number of carbonyl (C=O) groups is 1. The molecular weight excluding hydrogens is 484 g/mol. The minimum Gasteiger partial charge on any atom is -0.497 e. The molecule has 1 aromatic heterocycles. The molecule has 0 aliphatic carbocycles. The van der Waals surface area contributed by atoms with Crippen molar-refractivity contribution in [3.05, 3.63) is 64.6 Å². The number of hydrogen-bond donors (Lipinski definition) is 2. The predicted octanol–water partition coefficient (Wildman–Crippen LogP) is 2.80. The molecule has 1 aliphatic heterocycles. The molecule has 2 heterocycles. The monoisotopic (exact) mass is 512 g/mol. The molecule has 3 aromatic rings. The van der Waals surface area contributed by atoms with Crippen LogP contribution < -0.4 is 20.3 Å². The molecule has 1 saturated heterocycles. The molecule has 0 atom stereocenters. The van der Waals surface area contributed by atoms with Gasteiger partial charge in [-0.05, 0) is 44.0 Å². The predicted molar refractivity (Wildman–Crippen MR) is 135 cm³/mol. The van der Waals surface area contributed by atoms with Crippen molar-refractivity contribution in [2.75, 3.05) is 32.6 Å². The first-order valence-electron chi connectivity index (χ1n) is 11.4. The number of nitrogens with one attached hydrogen (secondary N) is 2. The lowest BCUT2D eigenvalue weighted by Gasteiger charge is -2.31. The van der Waals surface area contributed by atoms with Gasteiger partial charge in [-0.2, -0.15) is 4.31 Å². The van der Waals surface area contributed by atoms with E-state index in [9.17, 15) is 18.0 Å². The quantitative estimate of drug-likeness (QED) is 0.498. The van der Waals surface area contributed by atoms with E-state index in [2.05, 4.69) is 15.3 Å². The van der Waals surface area contributed by atoms with E-state index in [-0.39, 0.29) is 41.1 Å². The highest BCUT2D eigenvalue weighted by Crippen LogP contribution is 2.33. The van der Waals surface area contributed by atoms with Crippen LogP contribution in [0.3, 0.4) is 0 Å². The lowest BCUT2D eigenvalue weighted by Crippen LogP contribution is -2.41. The first-order valence-corrected chi connectivity index (χ1v) is 12.9. The third-order valence-electron chi connectivity index (χ3n) is 6.09. The zero-order chi connectivity index (χ0) is 25.9. The van der Waals surface area contributed by atoms with Crippen molar-refractivity contribution in [1.29, 1.82) is 0 Å². The third-order valence-corrected chi connectivity index (χ3v) is 8.01. The minimum atomic E-state index is -3.83. The van der Waals surface area contributed by atoms with Gasteiger partial charge in [0.25, 0.3) is 5.56 Å². The molecule has 36 heavy (non-hydrogen) atoms. The lowest BCUT2D eigenvalue weighted by molar-refractivity contribution is -0.120. The molecule has 4 rings (SSSR count). The second kappa shape index (κ2) is 10.5. The summed E-state index contributed by atoms with van der Waals surface area (Å²) in [4.78, 5) is 31.8. The summed E-state index contributed by atoms with van der Waals surface area (Å²) in [5.41, 5.74) is 1.58. The second-order valence-electron chi connectivity index (χ2n) is 8.50. The first-order chi connectivity index (χ1) is 17.2. The van der Waals surface area contributed by atoms with Crippen LogP contribution in [0.5, 0.6) is 11.5 Å². The number of hydrogen-bond acceptors (Lipinski definition) is 7. The van der Waals surface area contributed by atoms with E-state index in [0.717, 1.165) is 0 Å². The van der Waals surface area contributed by atoms with Crippen molar-refractivity contribution in [2.24, 2.45) is 5.92 Å². The number of rotatable bonds is 7. The van der Waals surface area contributed by atoms with E-state index in [4.69, 9.17) is 9.47 Å². The smallest absolute Gasteiger partial charge is 0.251 e. The Morgan fingerprint density at radius 1 is 1.08 bits per heavy atom. The van der Waals surface area contributed by atoms with Crippen LogP contribution in [0.4, 0.5) is 5.69 Å². The fraction of sp³-hybridized carbons (Fsp3) is 0.320. The molecule has 2 aromatic carbocycles. The third kappa shape index (κ3) is 5.42. The highest BCUT2D eigenvalue weighted by atomic mass is 32.2. The molecule has 10 nitrogen and oxygen atoms in total. The molecule has 0 saturated carbocycles. The van der Waals surface area contributed by atoms with E-state index in [1.54, 1.807) is 43.3 Å². The average Bonchev–Trinajstić information content (AvgIpc) is 2.88. The molecule has 1 fully saturated rings. The standard InChI is InChI=1S/C25H28N4O6S/c1-16-13-23(30)28-24(26-16)18-5-4-6-19(14-18)27-25(31)17-9-11-29(12-10-17)36(32,33)22-15-20(34-2)7-8-21(22)35-3/h4-8,13-15,17H,9-12H2,1-3H3,(H,27,31)(H,26,28,30). The summed E-state index contributed by atoms with van der Waals surface area (Å²) in [6.45, 7) is 2.14. The normalized spacial score (nSPS) is 14.9. The molecule has 0 radical (unpaired) electrons. The van der Waals surface area contributed by atoms with Crippen molar-refractivity contribution in [3.8, 4) is 22.9 Å². The molecule has 11 heteroatoms. The average molecular weight is 513 g/mol. The van der Waals surface area contributed by atoms with Gasteiger partial charge in [-0.3, -0.25) is 9.59 Å². The van der Waals surface area contributed by atoms with Gasteiger partial charge < -0.3 is 19.8 Å². The van der Waals surface area contributed by atoms with Crippen LogP contribution >= 0.6 is 0 Å². The van der Waals surface area contributed by atoms with Crippen molar-refractivity contribution in [3.63, 3.8) is 0 Å². The van der Waals surface area contributed by atoms with Crippen LogP contribution in [-0.2, 0) is 14.8 Å². The molecule has 1 amide bonds. The summed E-state index contributed by atoms with van der Waals surface area (Å²) < 4.78 is 38.4. The van der Waals surface area contributed by atoms with E-state index >= 15 is 0 Å². The van der Waals surface area contributed by atoms with Gasteiger partial charge in [0, 0.05) is 48.1 Å². The van der Waals surface area contributed by atoms with Crippen LogP contribution in [0.1, 0.15) is 18.5 Å². The van der Waals surface area contributed by atoms with Crippen molar-refractivity contribution >= 4 is 21.6 Å². The largest absolute Gasteiger partial charge is 0.497 e. The Kier molecular flexibility index (Phi) is 7.41. The molecule has 1 aliphatic rings. The lowest BCUT2D eigenvalue weighted by atomic mass is 9.97. The molecule has 190 valence electrons. The second-order valence-corrected chi connectivity index (χ2v) is 10.4. The van der Waals surface area contributed by atoms with Crippen LogP contribution in [-0.4, -0.2) is 55.9 Å². The van der Waals surface area contributed by atoms with Gasteiger partial charge in [0.05, 0.1) is 14.2 Å². The minimum absolute atomic E-state index is 0.0341. The molecule has 0 bridgehead atoms. The van der Waals surface area contributed by atoms with Crippen molar-refractivity contribution < 1.29 is 22.7 Å². The maximum absolute atomic E-state index is 13.3. The Balaban J connectivity index is 1.43. The van der Waals surface area contributed by atoms with E-state index in [1.165, 1.54) is 30.7 Å². The Hall–Kier alpha value is -3.70. The number of sulfonamides is 1. The number of carbonyl (C=O) groups excluding carboxylic acids is 1. The summed E-state index contributed by atoms with van der Waals surface area (Å²) in [7, 11) is -0.945. The Morgan fingerprint density at radius 2 is 1.83 bits per heavy atom. The fourth-order valence-electron chi connectivity index (χ4n) is 4.19. The number of amides is 1. The highest BCUT2D eigenvalue weighted by molar-refractivity contribution is 7.89. The van der Waals surface area contributed by atoms with Gasteiger partial charge >= 0.3 is 0 Å². The van der Waals surface area contributed by atoms with Crippen molar-refractivity contribution in [2.45, 2.75) is 24.7 Å². The Bertz CT molecular complexity index is 1430. The number of benzene rings is 2. The van der Waals surface area contributed by atoms with E-state index < -0.39 is 10.0 Å². The summed E-state index contributed by atoms with van der Waals surface area (Å²) in [5.74, 6) is 0.538. The maximum Gasteiger partial charge on any atom is 0.251 e. The summed E-state index contributed by atoms with van der Waals surface area (Å²) in [5, 5.41) is 2.91. The topological polar surface area (TPSA) is 131 Å². The van der Waals surface area contributed by atoms with Gasteiger partial charge in [-0.15, -0.1) is 0 Å². The van der Waals surface area contributed by atoms with Gasteiger partial charge in [0.2, 0.25) is 15.9 Å². The number of aryl methyl sites for hydroxylation is 1. The number of aromatic nitrogens is 2. The van der Waals surface area contributed by atoms with Gasteiger partial charge in [0.15, 0.2) is 0 Å². The SMILES string of the molecule is COc1ccc(OC)c(S(=O)(=O)N2CCC(C(=O)Nc3cccc(-c4nc(C)cc(=O)[nH]4)c3)CC2)c1. The molecule has 2 N–H and O–H groups in total. The zero-order valence-corrected chi connectivity index (χ0v) is 21.1. The number of nitrogens with zero attached hydrogens (tertiary/aromatic N) is 2. The summed E-state index contributed by atoms with van der Waals surface area (Å²) in [6, 6.07) is 13.1. The summed E-state index contributed by atoms with van der Waals surface area (Å²) in [6.07, 6.45) is 0.758. The number of ether oxygens (including phenoxy) is 2. The number of aromatic amines is 1. The number of anilines is 1. The van der Waals surface area contributed by atoms with E-state index in [1.807, 2.05) is 0 Å². The number of methoxy groups -OCH3 is 2. The van der Waals surface area contributed by atoms with Gasteiger partial charge in [0.1, 0.15) is 22.2 Å². The number of H-pyrrole nitrogens is 1. The van der Waals surface area contributed by atoms with Gasteiger partial charge in [-0.1, -0.05) is 12.1 Å². The summed E-state index contributed by atoms with van der Waals surface area (Å²) >= 11 is 0. The molecule has 0 unspecified atom stereocenters. The van der Waals surface area contributed by atoms with Crippen LogP contribution in [0.25, 0.3) is 11.4 Å². The first kappa shape index (κ1) is 25.4. The highest BCUT2D eigenvalue weighted by Gasteiger charge is 2.34. The Morgan fingerprint density at radius 3 is 2.50 bits per heavy atom. The maximum atomic E-state index is 13.3. The Labute approximate surface area is 209 Å². The molecule has 0 spiro atoms. The van der Waals surface area contributed by atoms with Crippen LogP contribution in [0, 0.1) is 12.8 Å². The van der Waals surface area contributed by atoms with Crippen molar-refractivity contribution in [1.82, 2.24) is 14.3 Å². The van der Waals surface area contributed by atoms with Crippen LogP contribution in [0.2, 0.25) is 0 Å².